The molecule has 0 amide bonds. The molecule has 0 bridgehead atoms. The van der Waals surface area contributed by atoms with E-state index in [-0.39, 0.29) is 0 Å². The smallest absolute Gasteiger partial charge is 0.136 e. The lowest BCUT2D eigenvalue weighted by atomic mass is 9.99. The van der Waals surface area contributed by atoms with Crippen molar-refractivity contribution in [2.24, 2.45) is 0 Å². The Bertz CT molecular complexity index is 3630. The van der Waals surface area contributed by atoms with Crippen molar-refractivity contribution in [3.63, 3.8) is 0 Å². The van der Waals surface area contributed by atoms with Gasteiger partial charge in [-0.25, -0.2) is 0 Å². The van der Waals surface area contributed by atoms with Crippen LogP contribution in [-0.2, 0) is 0 Å². The van der Waals surface area contributed by atoms with E-state index >= 15 is 0 Å². The van der Waals surface area contributed by atoms with Crippen LogP contribution in [0.3, 0.4) is 0 Å². The van der Waals surface area contributed by atoms with Crippen LogP contribution in [0.15, 0.2) is 197 Å². The fourth-order valence-corrected chi connectivity index (χ4v) is 10.5. The third kappa shape index (κ3) is 4.61. The predicted molar refractivity (Wildman–Crippen MR) is 245 cm³/mol. The molecule has 4 aromatic heterocycles. The highest BCUT2D eigenvalue weighted by atomic mass is 32.1. The van der Waals surface area contributed by atoms with Gasteiger partial charge in [0.25, 0.3) is 0 Å². The average Bonchev–Trinajstić information content (AvgIpc) is 4.04. The van der Waals surface area contributed by atoms with Crippen molar-refractivity contribution in [2.45, 2.75) is 0 Å². The molecule has 0 spiro atoms. The van der Waals surface area contributed by atoms with E-state index in [9.17, 15) is 0 Å². The van der Waals surface area contributed by atoms with Crippen molar-refractivity contribution in [3.05, 3.63) is 188 Å². The van der Waals surface area contributed by atoms with Gasteiger partial charge in [-0.05, 0) is 82.9 Å². The summed E-state index contributed by atoms with van der Waals surface area (Å²) in [6.07, 6.45) is 0. The second kappa shape index (κ2) is 12.1. The van der Waals surface area contributed by atoms with Gasteiger partial charge < -0.3 is 13.4 Å². The van der Waals surface area contributed by atoms with Crippen LogP contribution in [0.1, 0.15) is 0 Å². The molecule has 0 fully saturated rings. The number of furan rings is 2. The Morgan fingerprint density at radius 1 is 0.310 bits per heavy atom. The minimum absolute atomic E-state index is 0.887. The summed E-state index contributed by atoms with van der Waals surface area (Å²) in [6.45, 7) is 0. The predicted octanol–water partition coefficient (Wildman–Crippen LogP) is 16.0. The lowest BCUT2D eigenvalue weighted by Gasteiger charge is -2.15. The molecule has 13 rings (SSSR count). The minimum atomic E-state index is 0.887. The first-order valence-electron chi connectivity index (χ1n) is 19.7. The number of para-hydroxylation sites is 4. The monoisotopic (exact) mass is 757 g/mol. The van der Waals surface area contributed by atoms with E-state index in [1.807, 2.05) is 35.6 Å². The highest BCUT2D eigenvalue weighted by molar-refractivity contribution is 7.25. The zero-order chi connectivity index (χ0) is 37.9. The highest BCUT2D eigenvalue weighted by Gasteiger charge is 2.21. The van der Waals surface area contributed by atoms with Crippen LogP contribution in [0, 0.1) is 0 Å². The molecule has 0 unspecified atom stereocenters. The van der Waals surface area contributed by atoms with Crippen LogP contribution in [-0.4, -0.2) is 4.57 Å². The summed E-state index contributed by atoms with van der Waals surface area (Å²) in [5.41, 5.74) is 13.9. The first kappa shape index (κ1) is 31.8. The van der Waals surface area contributed by atoms with Gasteiger partial charge in [0.15, 0.2) is 0 Å². The molecule has 4 heteroatoms. The van der Waals surface area contributed by atoms with Gasteiger partial charge >= 0.3 is 0 Å². The third-order valence-electron chi connectivity index (χ3n) is 12.0. The maximum Gasteiger partial charge on any atom is 0.136 e. The molecule has 4 heterocycles. The second-order valence-corrected chi connectivity index (χ2v) is 16.3. The number of thiophene rings is 1. The van der Waals surface area contributed by atoms with Crippen LogP contribution < -0.4 is 0 Å². The topological polar surface area (TPSA) is 31.2 Å². The fraction of sp³-hybridized carbons (Fsp3) is 0. The zero-order valence-electron chi connectivity index (χ0n) is 31.1. The molecule has 3 nitrogen and oxygen atoms in total. The van der Waals surface area contributed by atoms with E-state index < -0.39 is 0 Å². The summed E-state index contributed by atoms with van der Waals surface area (Å²) in [4.78, 5) is 0. The zero-order valence-corrected chi connectivity index (χ0v) is 31.9. The highest BCUT2D eigenvalue weighted by Crippen LogP contribution is 2.44. The maximum atomic E-state index is 6.42. The summed E-state index contributed by atoms with van der Waals surface area (Å²) in [7, 11) is 0. The lowest BCUT2D eigenvalue weighted by molar-refractivity contribution is 0.668. The molecule has 0 saturated carbocycles. The number of aromatic nitrogens is 1. The maximum absolute atomic E-state index is 6.42. The normalized spacial score (nSPS) is 12.1. The van der Waals surface area contributed by atoms with Crippen molar-refractivity contribution >= 4 is 97.2 Å². The van der Waals surface area contributed by atoms with Crippen LogP contribution in [0.25, 0.3) is 125 Å². The quantitative estimate of drug-likeness (QED) is 0.179. The Hall–Kier alpha value is -7.40. The van der Waals surface area contributed by atoms with Gasteiger partial charge in [0, 0.05) is 69.3 Å². The number of nitrogens with zero attached hydrogens (tertiary/aromatic N) is 1. The summed E-state index contributed by atoms with van der Waals surface area (Å²) in [5, 5.41) is 9.54. The van der Waals surface area contributed by atoms with Gasteiger partial charge in [-0.3, -0.25) is 0 Å². The van der Waals surface area contributed by atoms with Gasteiger partial charge in [-0.2, -0.15) is 0 Å². The van der Waals surface area contributed by atoms with Gasteiger partial charge in [0.1, 0.15) is 22.3 Å². The molecule has 0 aliphatic carbocycles. The van der Waals surface area contributed by atoms with Crippen LogP contribution >= 0.6 is 11.3 Å². The average molecular weight is 758 g/mol. The van der Waals surface area contributed by atoms with E-state index in [2.05, 4.69) is 168 Å². The van der Waals surface area contributed by atoms with Crippen molar-refractivity contribution in [2.75, 3.05) is 0 Å². The summed E-state index contributed by atoms with van der Waals surface area (Å²) in [6, 6.07) is 67.9. The molecule has 0 aliphatic rings. The number of hydrogen-bond donors (Lipinski definition) is 0. The van der Waals surface area contributed by atoms with E-state index in [1.54, 1.807) is 0 Å². The van der Waals surface area contributed by atoms with Crippen molar-refractivity contribution < 1.29 is 8.83 Å². The third-order valence-corrected chi connectivity index (χ3v) is 13.2. The summed E-state index contributed by atoms with van der Waals surface area (Å²) >= 11 is 1.86. The first-order chi connectivity index (χ1) is 28.7. The van der Waals surface area contributed by atoms with Crippen LogP contribution in [0.2, 0.25) is 0 Å². The Kier molecular flexibility index (Phi) is 6.60. The number of fused-ring (bicyclic) bond motifs is 12. The van der Waals surface area contributed by atoms with E-state index in [4.69, 9.17) is 8.83 Å². The van der Waals surface area contributed by atoms with Gasteiger partial charge in [0.2, 0.25) is 0 Å². The number of benzene rings is 9. The molecule has 58 heavy (non-hydrogen) atoms. The van der Waals surface area contributed by atoms with E-state index in [0.29, 0.717) is 0 Å². The van der Waals surface area contributed by atoms with E-state index in [1.165, 1.54) is 42.1 Å². The Labute approximate surface area is 336 Å². The number of hydrogen-bond acceptors (Lipinski definition) is 3. The van der Waals surface area contributed by atoms with Gasteiger partial charge in [-0.15, -0.1) is 11.3 Å². The minimum Gasteiger partial charge on any atom is -0.456 e. The largest absolute Gasteiger partial charge is 0.456 e. The first-order valence-corrected chi connectivity index (χ1v) is 20.5. The molecular weight excluding hydrogens is 727 g/mol. The SMILES string of the molecule is c1ccc2c(c1)oc1cc(-c3cccc4c5cccc(-c6ccc7c(c6)oc6ccccc67)c5n(-c5ccc(-c6ccc7c(c6)sc6ccccc67)cc5)c34)ccc12. The number of rotatable bonds is 4. The molecule has 9 aromatic carbocycles. The summed E-state index contributed by atoms with van der Waals surface area (Å²) < 4.78 is 17.9. The molecule has 0 saturated heterocycles. The Balaban J connectivity index is 1.05. The standard InChI is InChI=1S/C54H31NO2S/c1-4-16-47-39(9-1)41-26-22-34(29-49(41)56-47)37-12-7-14-45-46-15-8-13-38(35-23-27-42-40-10-2-5-17-48(40)57-50(42)30-35)54(46)55(53(37)45)36-24-19-32(20-25-36)33-21-28-44-43-11-3-6-18-51(43)58-52(44)31-33/h1-31H. The molecule has 0 aliphatic heterocycles. The van der Waals surface area contributed by atoms with Crippen molar-refractivity contribution in [3.8, 4) is 39.1 Å². The second-order valence-electron chi connectivity index (χ2n) is 15.2. The van der Waals surface area contributed by atoms with Crippen LogP contribution in [0.4, 0.5) is 0 Å². The Morgan fingerprint density at radius 3 is 1.40 bits per heavy atom. The lowest BCUT2D eigenvalue weighted by Crippen LogP contribution is -1.97. The molecule has 0 radical (unpaired) electrons. The van der Waals surface area contributed by atoms with Gasteiger partial charge in [0.05, 0.1) is 11.0 Å². The van der Waals surface area contributed by atoms with Gasteiger partial charge in [-0.1, -0.05) is 127 Å². The molecule has 0 atom stereocenters. The fourth-order valence-electron chi connectivity index (χ4n) is 9.33. The molecule has 13 aromatic rings. The molecule has 0 N–H and O–H groups in total. The molecular formula is C54H31NO2S. The summed E-state index contributed by atoms with van der Waals surface area (Å²) in [5.74, 6) is 0. The van der Waals surface area contributed by atoms with E-state index in [0.717, 1.165) is 82.9 Å². The van der Waals surface area contributed by atoms with Crippen molar-refractivity contribution in [1.82, 2.24) is 4.57 Å². The van der Waals surface area contributed by atoms with Crippen molar-refractivity contribution in [1.29, 1.82) is 0 Å². The van der Waals surface area contributed by atoms with Crippen LogP contribution in [0.5, 0.6) is 0 Å². The Morgan fingerprint density at radius 2 is 0.776 bits per heavy atom. The molecule has 270 valence electrons.